The number of nitrogens with one attached hydrogen (secondary N) is 1. The molecule has 30 heavy (non-hydrogen) atoms. The molecule has 0 unspecified atom stereocenters. The molecule has 5 rings (SSSR count). The Morgan fingerprint density at radius 3 is 2.17 bits per heavy atom. The maximum Gasteiger partial charge on any atom is 0.142 e. The molecule has 0 atom stereocenters. The number of fused-ring (bicyclic) bond motifs is 1. The first-order valence-electron chi connectivity index (χ1n) is 9.68. The molecule has 0 radical (unpaired) electrons. The molecule has 0 aliphatic heterocycles. The lowest BCUT2D eigenvalue weighted by Crippen LogP contribution is -1.97. The Morgan fingerprint density at radius 2 is 1.43 bits per heavy atom. The normalized spacial score (nSPS) is 10.8. The highest BCUT2D eigenvalue weighted by molar-refractivity contribution is 7.21. The number of hydrogen-bond donors (Lipinski definition) is 1. The molecule has 3 aromatic carbocycles. The minimum atomic E-state index is 0.746. The van der Waals surface area contributed by atoms with Gasteiger partial charge in [0.1, 0.15) is 28.0 Å². The highest BCUT2D eigenvalue weighted by atomic mass is 32.1. The molecule has 0 spiro atoms. The van der Waals surface area contributed by atoms with Crippen molar-refractivity contribution in [1.82, 2.24) is 9.97 Å². The maximum atomic E-state index is 5.87. The van der Waals surface area contributed by atoms with Gasteiger partial charge in [-0.05, 0) is 55.0 Å². The number of thiophene rings is 1. The SMILES string of the molecule is Cc1nc(Nc2ccc(Oc3ccccc3)cc2)c2cc(-c3ccccc3)sc2n1. The van der Waals surface area contributed by atoms with Gasteiger partial charge in [-0.2, -0.15) is 0 Å². The molecule has 0 amide bonds. The van der Waals surface area contributed by atoms with Crippen LogP contribution in [0.3, 0.4) is 0 Å². The molecule has 0 saturated carbocycles. The van der Waals surface area contributed by atoms with E-state index in [0.717, 1.165) is 39.0 Å². The zero-order valence-corrected chi connectivity index (χ0v) is 17.2. The minimum Gasteiger partial charge on any atom is -0.457 e. The molecular weight excluding hydrogens is 390 g/mol. The summed E-state index contributed by atoms with van der Waals surface area (Å²) in [5.41, 5.74) is 2.13. The second kappa shape index (κ2) is 7.97. The van der Waals surface area contributed by atoms with Crippen LogP contribution in [0.5, 0.6) is 11.5 Å². The number of rotatable bonds is 5. The van der Waals surface area contributed by atoms with Crippen molar-refractivity contribution in [3.8, 4) is 21.9 Å². The van der Waals surface area contributed by atoms with E-state index in [1.807, 2.05) is 67.6 Å². The predicted octanol–water partition coefficient (Wildman–Crippen LogP) is 7.20. The van der Waals surface area contributed by atoms with Crippen LogP contribution < -0.4 is 10.1 Å². The summed E-state index contributed by atoms with van der Waals surface area (Å²) in [5.74, 6) is 3.17. The van der Waals surface area contributed by atoms with Crippen LogP contribution in [0, 0.1) is 6.92 Å². The van der Waals surface area contributed by atoms with Gasteiger partial charge in [0.2, 0.25) is 0 Å². The van der Waals surface area contributed by atoms with Crippen molar-refractivity contribution in [2.75, 3.05) is 5.32 Å². The highest BCUT2D eigenvalue weighted by Gasteiger charge is 2.12. The lowest BCUT2D eigenvalue weighted by molar-refractivity contribution is 0.483. The average molecular weight is 410 g/mol. The van der Waals surface area contributed by atoms with Crippen LogP contribution in [0.4, 0.5) is 11.5 Å². The lowest BCUT2D eigenvalue weighted by atomic mass is 10.2. The zero-order valence-electron chi connectivity index (χ0n) is 16.4. The first kappa shape index (κ1) is 18.3. The fourth-order valence-electron chi connectivity index (χ4n) is 3.24. The number of aromatic nitrogens is 2. The summed E-state index contributed by atoms with van der Waals surface area (Å²) in [7, 11) is 0. The van der Waals surface area contributed by atoms with E-state index < -0.39 is 0 Å². The number of hydrogen-bond acceptors (Lipinski definition) is 5. The third kappa shape index (κ3) is 3.88. The summed E-state index contributed by atoms with van der Waals surface area (Å²) >= 11 is 1.68. The van der Waals surface area contributed by atoms with E-state index in [4.69, 9.17) is 4.74 Å². The summed E-state index contributed by atoms with van der Waals surface area (Å²) in [6.07, 6.45) is 0. The molecule has 1 N–H and O–H groups in total. The largest absolute Gasteiger partial charge is 0.457 e. The number of ether oxygens (including phenoxy) is 1. The Morgan fingerprint density at radius 1 is 0.767 bits per heavy atom. The van der Waals surface area contributed by atoms with Gasteiger partial charge in [0.15, 0.2) is 0 Å². The van der Waals surface area contributed by atoms with Gasteiger partial charge in [0, 0.05) is 10.6 Å². The van der Waals surface area contributed by atoms with Gasteiger partial charge in [0.05, 0.1) is 5.39 Å². The third-order valence-corrected chi connectivity index (χ3v) is 5.74. The van der Waals surface area contributed by atoms with E-state index in [-0.39, 0.29) is 0 Å². The van der Waals surface area contributed by atoms with E-state index in [1.54, 1.807) is 11.3 Å². The van der Waals surface area contributed by atoms with Crippen LogP contribution in [0.2, 0.25) is 0 Å². The predicted molar refractivity (Wildman–Crippen MR) is 124 cm³/mol. The number of para-hydroxylation sites is 1. The van der Waals surface area contributed by atoms with E-state index in [2.05, 4.69) is 45.6 Å². The Bertz CT molecular complexity index is 1280. The first-order valence-corrected chi connectivity index (χ1v) is 10.5. The standard InChI is InChI=1S/C25H19N3OS/c1-17-26-24(22-16-23(30-25(22)27-17)18-8-4-2-5-9-18)28-19-12-14-21(15-13-19)29-20-10-6-3-7-11-20/h2-16H,1H3,(H,26,27,28). The van der Waals surface area contributed by atoms with Crippen LogP contribution in [0.1, 0.15) is 5.82 Å². The van der Waals surface area contributed by atoms with Gasteiger partial charge in [-0.25, -0.2) is 9.97 Å². The second-order valence-electron chi connectivity index (χ2n) is 6.88. The lowest BCUT2D eigenvalue weighted by Gasteiger charge is -2.09. The first-order chi connectivity index (χ1) is 14.7. The van der Waals surface area contributed by atoms with Crippen molar-refractivity contribution in [3.05, 3.63) is 96.8 Å². The molecule has 0 saturated heterocycles. The van der Waals surface area contributed by atoms with Crippen molar-refractivity contribution in [3.63, 3.8) is 0 Å². The summed E-state index contributed by atoms with van der Waals surface area (Å²) in [5, 5.41) is 4.47. The molecule has 2 aromatic heterocycles. The van der Waals surface area contributed by atoms with Gasteiger partial charge < -0.3 is 10.1 Å². The van der Waals surface area contributed by atoms with Crippen LogP contribution >= 0.6 is 11.3 Å². The van der Waals surface area contributed by atoms with Gasteiger partial charge >= 0.3 is 0 Å². The molecule has 4 nitrogen and oxygen atoms in total. The summed E-state index contributed by atoms with van der Waals surface area (Å²) in [6.45, 7) is 1.92. The smallest absolute Gasteiger partial charge is 0.142 e. The van der Waals surface area contributed by atoms with Crippen molar-refractivity contribution < 1.29 is 4.74 Å². The molecule has 146 valence electrons. The van der Waals surface area contributed by atoms with E-state index in [0.29, 0.717) is 0 Å². The van der Waals surface area contributed by atoms with Gasteiger partial charge in [-0.1, -0.05) is 48.5 Å². The third-order valence-electron chi connectivity index (χ3n) is 4.66. The quantitative estimate of drug-likeness (QED) is 0.333. The van der Waals surface area contributed by atoms with E-state index in [1.165, 1.54) is 10.4 Å². The number of benzene rings is 3. The molecule has 5 aromatic rings. The van der Waals surface area contributed by atoms with Crippen molar-refractivity contribution in [1.29, 1.82) is 0 Å². The van der Waals surface area contributed by atoms with Gasteiger partial charge in [0.25, 0.3) is 0 Å². The molecular formula is C25H19N3OS. The topological polar surface area (TPSA) is 47.0 Å². The van der Waals surface area contributed by atoms with Crippen LogP contribution in [-0.2, 0) is 0 Å². The van der Waals surface area contributed by atoms with Crippen LogP contribution in [0.15, 0.2) is 91.0 Å². The summed E-state index contributed by atoms with van der Waals surface area (Å²) < 4.78 is 5.87. The average Bonchev–Trinajstić information content (AvgIpc) is 3.21. The Hall–Kier alpha value is -3.70. The van der Waals surface area contributed by atoms with E-state index >= 15 is 0 Å². The molecule has 0 aliphatic rings. The monoisotopic (exact) mass is 409 g/mol. The number of nitrogens with zero attached hydrogens (tertiary/aromatic N) is 2. The van der Waals surface area contributed by atoms with Crippen molar-refractivity contribution in [2.24, 2.45) is 0 Å². The van der Waals surface area contributed by atoms with Crippen molar-refractivity contribution >= 4 is 33.1 Å². The summed E-state index contributed by atoms with van der Waals surface area (Å²) in [4.78, 5) is 11.4. The molecule has 0 fully saturated rings. The summed E-state index contributed by atoms with van der Waals surface area (Å²) in [6, 6.07) is 30.2. The molecule has 0 aliphatic carbocycles. The van der Waals surface area contributed by atoms with Crippen molar-refractivity contribution in [2.45, 2.75) is 6.92 Å². The fraction of sp³-hybridized carbons (Fsp3) is 0.0400. The number of aryl methyl sites for hydroxylation is 1. The van der Waals surface area contributed by atoms with E-state index in [9.17, 15) is 0 Å². The zero-order chi connectivity index (χ0) is 20.3. The van der Waals surface area contributed by atoms with Crippen LogP contribution in [0.25, 0.3) is 20.7 Å². The highest BCUT2D eigenvalue weighted by Crippen LogP contribution is 2.36. The van der Waals surface area contributed by atoms with Gasteiger partial charge in [-0.15, -0.1) is 11.3 Å². The Balaban J connectivity index is 1.42. The minimum absolute atomic E-state index is 0.746. The Labute approximate surface area is 178 Å². The molecule has 5 heteroatoms. The Kier molecular flexibility index (Phi) is 4.87. The van der Waals surface area contributed by atoms with Crippen LogP contribution in [-0.4, -0.2) is 9.97 Å². The maximum absolute atomic E-state index is 5.87. The second-order valence-corrected chi connectivity index (χ2v) is 7.91. The fourth-order valence-corrected chi connectivity index (χ4v) is 4.32. The van der Waals surface area contributed by atoms with Gasteiger partial charge in [-0.3, -0.25) is 0 Å². The number of anilines is 2. The molecule has 0 bridgehead atoms. The molecule has 2 heterocycles.